The SMILES string of the molecule is CN(CC(=O)OCCc1ccc(S(N)(=O)=O)cc1)C(=O)OC(C)(C)C. The maximum absolute atomic E-state index is 11.7. The summed E-state index contributed by atoms with van der Waals surface area (Å²) in [5.74, 6) is -0.561. The second kappa shape index (κ2) is 8.30. The number of carbonyl (C=O) groups excluding carboxylic acids is 2. The van der Waals surface area contributed by atoms with Crippen LogP contribution >= 0.6 is 0 Å². The van der Waals surface area contributed by atoms with Crippen LogP contribution in [0.5, 0.6) is 0 Å². The topological polar surface area (TPSA) is 116 Å². The molecule has 0 heterocycles. The molecule has 0 aromatic heterocycles. The number of carbonyl (C=O) groups is 2. The lowest BCUT2D eigenvalue weighted by Crippen LogP contribution is -2.37. The van der Waals surface area contributed by atoms with Crippen LogP contribution in [0.15, 0.2) is 29.2 Å². The van der Waals surface area contributed by atoms with E-state index in [4.69, 9.17) is 14.6 Å². The standard InChI is InChI=1S/C16H24N2O6S/c1-16(2,3)24-15(20)18(4)11-14(19)23-10-9-12-5-7-13(8-6-12)25(17,21)22/h5-8H,9-11H2,1-4H3,(H2,17,21,22). The van der Waals surface area contributed by atoms with Crippen molar-refractivity contribution in [3.8, 4) is 0 Å². The van der Waals surface area contributed by atoms with Gasteiger partial charge in [0.2, 0.25) is 10.0 Å². The highest BCUT2D eigenvalue weighted by atomic mass is 32.2. The maximum atomic E-state index is 11.7. The Morgan fingerprint density at radius 3 is 2.20 bits per heavy atom. The van der Waals surface area contributed by atoms with E-state index in [-0.39, 0.29) is 18.0 Å². The van der Waals surface area contributed by atoms with Gasteiger partial charge in [0.05, 0.1) is 11.5 Å². The number of amides is 1. The molecule has 0 unspecified atom stereocenters. The second-order valence-electron chi connectivity index (χ2n) is 6.50. The van der Waals surface area contributed by atoms with Crippen LogP contribution < -0.4 is 5.14 Å². The average molecular weight is 372 g/mol. The minimum Gasteiger partial charge on any atom is -0.464 e. The van der Waals surface area contributed by atoms with Gasteiger partial charge in [0.1, 0.15) is 12.1 Å². The number of nitrogens with zero attached hydrogens (tertiary/aromatic N) is 1. The van der Waals surface area contributed by atoms with Gasteiger partial charge in [-0.2, -0.15) is 0 Å². The van der Waals surface area contributed by atoms with Crippen molar-refractivity contribution in [2.45, 2.75) is 37.7 Å². The number of nitrogens with two attached hydrogens (primary N) is 1. The lowest BCUT2D eigenvalue weighted by Gasteiger charge is -2.24. The third-order valence-electron chi connectivity index (χ3n) is 2.98. The van der Waals surface area contributed by atoms with Crippen LogP contribution in [-0.2, 0) is 30.7 Å². The van der Waals surface area contributed by atoms with E-state index in [9.17, 15) is 18.0 Å². The van der Waals surface area contributed by atoms with Crippen molar-refractivity contribution in [3.05, 3.63) is 29.8 Å². The first kappa shape index (κ1) is 20.9. The lowest BCUT2D eigenvalue weighted by molar-refractivity contribution is -0.144. The smallest absolute Gasteiger partial charge is 0.410 e. The largest absolute Gasteiger partial charge is 0.464 e. The average Bonchev–Trinajstić information content (AvgIpc) is 2.45. The highest BCUT2D eigenvalue weighted by Gasteiger charge is 2.21. The summed E-state index contributed by atoms with van der Waals surface area (Å²) in [5.41, 5.74) is 0.152. The first-order valence-corrected chi connectivity index (χ1v) is 9.14. The summed E-state index contributed by atoms with van der Waals surface area (Å²) in [6.45, 7) is 5.09. The number of likely N-dealkylation sites (N-methyl/N-ethyl adjacent to an activating group) is 1. The first-order valence-electron chi connectivity index (χ1n) is 7.60. The predicted octanol–water partition coefficient (Wildman–Crippen LogP) is 1.29. The molecule has 0 saturated carbocycles. The van der Waals surface area contributed by atoms with E-state index in [1.807, 2.05) is 0 Å². The molecule has 1 amide bonds. The predicted molar refractivity (Wildman–Crippen MR) is 91.3 cm³/mol. The van der Waals surface area contributed by atoms with E-state index >= 15 is 0 Å². The van der Waals surface area contributed by atoms with E-state index in [1.165, 1.54) is 19.2 Å². The van der Waals surface area contributed by atoms with Crippen molar-refractivity contribution < 1.29 is 27.5 Å². The molecule has 0 aliphatic heterocycles. The molecular weight excluding hydrogens is 348 g/mol. The van der Waals surface area contributed by atoms with Crippen LogP contribution in [0.2, 0.25) is 0 Å². The Bertz CT molecular complexity index is 707. The van der Waals surface area contributed by atoms with Gasteiger partial charge < -0.3 is 14.4 Å². The second-order valence-corrected chi connectivity index (χ2v) is 8.06. The van der Waals surface area contributed by atoms with Gasteiger partial charge in [-0.1, -0.05) is 12.1 Å². The Morgan fingerprint density at radius 2 is 1.72 bits per heavy atom. The quantitative estimate of drug-likeness (QED) is 0.752. The van der Waals surface area contributed by atoms with Gasteiger partial charge in [-0.05, 0) is 38.5 Å². The fourth-order valence-electron chi connectivity index (χ4n) is 1.77. The van der Waals surface area contributed by atoms with Crippen LogP contribution in [0.4, 0.5) is 4.79 Å². The highest BCUT2D eigenvalue weighted by molar-refractivity contribution is 7.89. The fraction of sp³-hybridized carbons (Fsp3) is 0.500. The van der Waals surface area contributed by atoms with Crippen molar-refractivity contribution in [1.29, 1.82) is 0 Å². The van der Waals surface area contributed by atoms with Crippen LogP contribution in [0, 0.1) is 0 Å². The Labute approximate surface area is 147 Å². The van der Waals surface area contributed by atoms with Crippen molar-refractivity contribution in [3.63, 3.8) is 0 Å². The molecule has 0 spiro atoms. The molecule has 140 valence electrons. The molecule has 0 fully saturated rings. The first-order chi connectivity index (χ1) is 11.4. The summed E-state index contributed by atoms with van der Waals surface area (Å²) in [6.07, 6.45) is -0.199. The zero-order valence-electron chi connectivity index (χ0n) is 14.8. The van der Waals surface area contributed by atoms with Crippen LogP contribution in [-0.4, -0.2) is 51.2 Å². The number of ether oxygens (including phenoxy) is 2. The minimum atomic E-state index is -3.72. The minimum absolute atomic E-state index is 0.0206. The number of benzene rings is 1. The molecule has 0 aliphatic rings. The van der Waals surface area contributed by atoms with E-state index in [2.05, 4.69) is 0 Å². The number of hydrogen-bond donors (Lipinski definition) is 1. The van der Waals surface area contributed by atoms with Gasteiger partial charge >= 0.3 is 12.1 Å². The fourth-order valence-corrected chi connectivity index (χ4v) is 2.29. The van der Waals surface area contributed by atoms with Crippen LogP contribution in [0.3, 0.4) is 0 Å². The molecule has 25 heavy (non-hydrogen) atoms. The van der Waals surface area contributed by atoms with Gasteiger partial charge in [-0.3, -0.25) is 4.79 Å². The molecule has 0 radical (unpaired) electrons. The number of sulfonamides is 1. The Balaban J connectivity index is 2.41. The van der Waals surface area contributed by atoms with Gasteiger partial charge in [-0.15, -0.1) is 0 Å². The zero-order valence-corrected chi connectivity index (χ0v) is 15.6. The summed E-state index contributed by atoms with van der Waals surface area (Å²) in [4.78, 5) is 24.6. The molecule has 1 aromatic rings. The van der Waals surface area contributed by atoms with Crippen LogP contribution in [0.25, 0.3) is 0 Å². The molecule has 0 saturated heterocycles. The number of rotatable bonds is 6. The third kappa shape index (κ3) is 7.99. The lowest BCUT2D eigenvalue weighted by atomic mass is 10.2. The molecule has 0 atom stereocenters. The van der Waals surface area contributed by atoms with Crippen molar-refractivity contribution in [1.82, 2.24) is 4.90 Å². The van der Waals surface area contributed by atoms with E-state index < -0.39 is 27.7 Å². The molecular formula is C16H24N2O6S. The normalized spacial score (nSPS) is 11.7. The number of hydrogen-bond acceptors (Lipinski definition) is 6. The van der Waals surface area contributed by atoms with Gasteiger partial charge in [-0.25, -0.2) is 18.4 Å². The molecule has 0 bridgehead atoms. The summed E-state index contributed by atoms with van der Waals surface area (Å²) < 4.78 is 32.5. The van der Waals surface area contributed by atoms with E-state index in [1.54, 1.807) is 32.9 Å². The van der Waals surface area contributed by atoms with E-state index in [0.717, 1.165) is 10.5 Å². The van der Waals surface area contributed by atoms with E-state index in [0.29, 0.717) is 6.42 Å². The maximum Gasteiger partial charge on any atom is 0.410 e. The van der Waals surface area contributed by atoms with Crippen molar-refractivity contribution in [2.24, 2.45) is 5.14 Å². The van der Waals surface area contributed by atoms with Crippen LogP contribution in [0.1, 0.15) is 26.3 Å². The Morgan fingerprint density at radius 1 is 1.16 bits per heavy atom. The zero-order chi connectivity index (χ0) is 19.3. The Hall–Kier alpha value is -2.13. The van der Waals surface area contributed by atoms with Gasteiger partial charge in [0.15, 0.2) is 0 Å². The third-order valence-corrected chi connectivity index (χ3v) is 3.91. The Kier molecular flexibility index (Phi) is 6.95. The molecule has 8 nitrogen and oxygen atoms in total. The monoisotopic (exact) mass is 372 g/mol. The molecule has 1 rings (SSSR count). The summed E-state index contributed by atoms with van der Waals surface area (Å²) >= 11 is 0. The summed E-state index contributed by atoms with van der Waals surface area (Å²) in [7, 11) is -2.28. The molecule has 9 heteroatoms. The summed E-state index contributed by atoms with van der Waals surface area (Å²) in [6, 6.07) is 5.98. The van der Waals surface area contributed by atoms with Gasteiger partial charge in [0, 0.05) is 13.5 Å². The number of primary sulfonamides is 1. The highest BCUT2D eigenvalue weighted by Crippen LogP contribution is 2.10. The molecule has 1 aromatic carbocycles. The van der Waals surface area contributed by atoms with Crippen molar-refractivity contribution >= 4 is 22.1 Å². The molecule has 0 aliphatic carbocycles. The summed E-state index contributed by atoms with van der Waals surface area (Å²) in [5, 5.41) is 5.02. The number of esters is 1. The van der Waals surface area contributed by atoms with Gasteiger partial charge in [0.25, 0.3) is 0 Å². The van der Waals surface area contributed by atoms with Crippen molar-refractivity contribution in [2.75, 3.05) is 20.2 Å². The molecule has 2 N–H and O–H groups in total.